The van der Waals surface area contributed by atoms with Crippen molar-refractivity contribution in [3.8, 4) is 112 Å². The Hall–Kier alpha value is -12.1. The zero-order valence-electron chi connectivity index (χ0n) is 52.7. The highest BCUT2D eigenvalue weighted by atomic mass is 32.1. The molecule has 18 aromatic rings. The number of benzene rings is 14. The van der Waals surface area contributed by atoms with Crippen molar-refractivity contribution in [3.05, 3.63) is 333 Å². The van der Waals surface area contributed by atoms with Gasteiger partial charge in [-0.25, -0.2) is 15.0 Å². The lowest BCUT2D eigenvalue weighted by Crippen LogP contribution is -2.15. The Labute approximate surface area is 559 Å². The van der Waals surface area contributed by atoms with Crippen LogP contribution in [0.15, 0.2) is 322 Å². The van der Waals surface area contributed by atoms with Gasteiger partial charge in [0.2, 0.25) is 0 Å². The van der Waals surface area contributed by atoms with Crippen molar-refractivity contribution in [1.82, 2.24) is 24.1 Å². The Balaban J connectivity index is 0.611. The normalized spacial score (nSPS) is 12.6. The molecule has 0 unspecified atom stereocenters. The van der Waals surface area contributed by atoms with Crippen LogP contribution < -0.4 is 0 Å². The number of hydrogen-bond donors (Lipinski definition) is 0. The molecule has 19 rings (SSSR count). The molecular formula is C90H59N5S. The summed E-state index contributed by atoms with van der Waals surface area (Å²) in [6.45, 7) is 4.63. The molecule has 0 saturated heterocycles. The van der Waals surface area contributed by atoms with Crippen molar-refractivity contribution in [1.29, 1.82) is 0 Å². The van der Waals surface area contributed by atoms with Crippen LogP contribution >= 0.6 is 11.3 Å². The van der Waals surface area contributed by atoms with E-state index in [4.69, 9.17) is 15.0 Å². The molecule has 0 aliphatic heterocycles. The van der Waals surface area contributed by atoms with Crippen LogP contribution in [0.5, 0.6) is 0 Å². The van der Waals surface area contributed by atoms with E-state index in [-0.39, 0.29) is 5.41 Å². The molecule has 4 aromatic heterocycles. The molecule has 1 aliphatic carbocycles. The fourth-order valence-corrected chi connectivity index (χ4v) is 16.4. The summed E-state index contributed by atoms with van der Waals surface area (Å²) in [4.78, 5) is 15.8. The summed E-state index contributed by atoms with van der Waals surface area (Å²) in [6, 6.07) is 117. The number of fused-ring (bicyclic) bond motifs is 12. The lowest BCUT2D eigenvalue weighted by Gasteiger charge is -2.21. The molecule has 6 heteroatoms. The molecule has 0 N–H and O–H groups in total. The molecule has 1 aliphatic rings. The molecule has 5 nitrogen and oxygen atoms in total. The summed E-state index contributed by atoms with van der Waals surface area (Å²) in [5.41, 5.74) is 26.5. The number of hydrogen-bond acceptors (Lipinski definition) is 4. The quantitative estimate of drug-likeness (QED) is 0.137. The van der Waals surface area contributed by atoms with Crippen molar-refractivity contribution < 1.29 is 0 Å². The van der Waals surface area contributed by atoms with Crippen LogP contribution in [-0.2, 0) is 5.41 Å². The monoisotopic (exact) mass is 1240 g/mol. The summed E-state index contributed by atoms with van der Waals surface area (Å²) >= 11 is 1.88. The summed E-state index contributed by atoms with van der Waals surface area (Å²) in [7, 11) is 0. The van der Waals surface area contributed by atoms with E-state index in [1.54, 1.807) is 0 Å². The molecule has 0 saturated carbocycles. The van der Waals surface area contributed by atoms with Crippen LogP contribution in [0.25, 0.3) is 176 Å². The van der Waals surface area contributed by atoms with E-state index < -0.39 is 0 Å². The van der Waals surface area contributed by atoms with Crippen molar-refractivity contribution in [2.24, 2.45) is 0 Å². The molecule has 0 spiro atoms. The van der Waals surface area contributed by atoms with Gasteiger partial charge in [-0.3, -0.25) is 0 Å². The minimum atomic E-state index is -0.166. The molecule has 4 heterocycles. The highest BCUT2D eigenvalue weighted by Crippen LogP contribution is 2.50. The summed E-state index contributed by atoms with van der Waals surface area (Å²) in [5, 5.41) is 7.53. The molecule has 0 fully saturated rings. The first-order valence-electron chi connectivity index (χ1n) is 32.9. The second-order valence-electron chi connectivity index (χ2n) is 25.9. The maximum absolute atomic E-state index is 5.28. The van der Waals surface area contributed by atoms with Crippen LogP contribution in [0.1, 0.15) is 25.0 Å². The number of para-hydroxylation sites is 3. The zero-order valence-corrected chi connectivity index (χ0v) is 53.6. The third-order valence-corrected chi connectivity index (χ3v) is 21.2. The smallest absolute Gasteiger partial charge is 0.164 e. The largest absolute Gasteiger partial charge is 0.309 e. The Bertz CT molecular complexity index is 6110. The molecule has 0 amide bonds. The molecule has 0 bridgehead atoms. The standard InChI is InChI=1S/C90H59N5S/c1-90(2)78-31-10-6-26-70(78)71-47-44-68(55-79(71)90)89-92-87(66-23-14-20-61(50-66)56-18-4-3-5-19-56)91-88(93-89)67-24-15-21-62(51-67)59-40-36-57(37-41-59)58-38-42-60(43-39-58)64-46-49-85-77(54-64)75-30-17-35-84(86(75)96-85)95-82-34-13-9-29-74(82)76-53-65(45-48-83(76)95)63-22-16-25-69(52-63)94-80-32-11-7-27-72(80)73-28-8-12-33-81(73)94/h3-55H,1-2H3. The minimum absolute atomic E-state index is 0.166. The van der Waals surface area contributed by atoms with Crippen LogP contribution in [-0.4, -0.2) is 24.1 Å². The van der Waals surface area contributed by atoms with Gasteiger partial charge in [0.25, 0.3) is 0 Å². The predicted molar refractivity (Wildman–Crippen MR) is 402 cm³/mol. The third-order valence-electron chi connectivity index (χ3n) is 20.0. The molecule has 0 radical (unpaired) electrons. The van der Waals surface area contributed by atoms with Crippen molar-refractivity contribution >= 4 is 75.1 Å². The summed E-state index contributed by atoms with van der Waals surface area (Å²) in [6.07, 6.45) is 0. The Morgan fingerprint density at radius 2 is 0.667 bits per heavy atom. The molecule has 14 aromatic carbocycles. The van der Waals surface area contributed by atoms with Crippen LogP contribution in [0.3, 0.4) is 0 Å². The SMILES string of the molecule is CC1(C)c2ccccc2-c2ccc(-c3nc(-c4cccc(-c5ccccc5)c4)nc(-c4cccc(-c5ccc(-c6ccc(-c7ccc8sc9c(-n%10c%11ccccc%11c%11cc(-c%12cccc(-n%13c%14ccccc%14c%14ccccc%14%13)c%12)ccc%11%10)cccc9c8c7)cc6)cc5)c4)n3)cc21. The summed E-state index contributed by atoms with van der Waals surface area (Å²) in [5.74, 6) is 1.90. The van der Waals surface area contributed by atoms with E-state index in [9.17, 15) is 0 Å². The van der Waals surface area contributed by atoms with E-state index in [0.29, 0.717) is 17.5 Å². The van der Waals surface area contributed by atoms with Crippen molar-refractivity contribution in [2.75, 3.05) is 0 Å². The summed E-state index contributed by atoms with van der Waals surface area (Å²) < 4.78 is 7.43. The molecule has 450 valence electrons. The van der Waals surface area contributed by atoms with Gasteiger partial charge in [-0.15, -0.1) is 11.3 Å². The topological polar surface area (TPSA) is 48.5 Å². The van der Waals surface area contributed by atoms with Gasteiger partial charge in [0.1, 0.15) is 0 Å². The maximum Gasteiger partial charge on any atom is 0.164 e. The van der Waals surface area contributed by atoms with E-state index >= 15 is 0 Å². The predicted octanol–water partition coefficient (Wildman–Crippen LogP) is 24.1. The van der Waals surface area contributed by atoms with Gasteiger partial charge in [0, 0.05) is 64.8 Å². The molecule has 96 heavy (non-hydrogen) atoms. The van der Waals surface area contributed by atoms with Gasteiger partial charge >= 0.3 is 0 Å². The second kappa shape index (κ2) is 22.0. The highest BCUT2D eigenvalue weighted by molar-refractivity contribution is 7.26. The van der Waals surface area contributed by atoms with E-state index in [0.717, 1.165) is 55.8 Å². The number of aromatic nitrogens is 5. The lowest BCUT2D eigenvalue weighted by atomic mass is 9.82. The van der Waals surface area contributed by atoms with E-state index in [1.807, 2.05) is 17.4 Å². The van der Waals surface area contributed by atoms with Crippen LogP contribution in [0.2, 0.25) is 0 Å². The average Bonchev–Trinajstić information content (AvgIpc) is 1.58. The van der Waals surface area contributed by atoms with Crippen LogP contribution in [0, 0.1) is 0 Å². The Morgan fingerprint density at radius 3 is 1.31 bits per heavy atom. The van der Waals surface area contributed by atoms with Crippen molar-refractivity contribution in [3.63, 3.8) is 0 Å². The molecular weight excluding hydrogens is 1180 g/mol. The first-order valence-corrected chi connectivity index (χ1v) is 33.7. The number of nitrogens with zero attached hydrogens (tertiary/aromatic N) is 5. The number of thiophene rings is 1. The van der Waals surface area contributed by atoms with Gasteiger partial charge in [-0.05, 0) is 157 Å². The maximum atomic E-state index is 5.28. The van der Waals surface area contributed by atoms with Gasteiger partial charge in [0.15, 0.2) is 17.5 Å². The van der Waals surface area contributed by atoms with Gasteiger partial charge in [-0.2, -0.15) is 0 Å². The lowest BCUT2D eigenvalue weighted by molar-refractivity contribution is 0.660. The zero-order chi connectivity index (χ0) is 63.6. The second-order valence-corrected chi connectivity index (χ2v) is 26.9. The third kappa shape index (κ3) is 9.09. The highest BCUT2D eigenvalue weighted by Gasteiger charge is 2.35. The fourth-order valence-electron chi connectivity index (χ4n) is 15.2. The Morgan fingerprint density at radius 1 is 0.260 bits per heavy atom. The fraction of sp³-hybridized carbons (Fsp3) is 0.0333. The average molecular weight is 1240 g/mol. The first kappa shape index (κ1) is 55.5. The van der Waals surface area contributed by atoms with Gasteiger partial charge in [-0.1, -0.05) is 257 Å². The Kier molecular flexibility index (Phi) is 12.7. The van der Waals surface area contributed by atoms with Gasteiger partial charge in [0.05, 0.1) is 32.5 Å². The number of rotatable bonds is 10. The van der Waals surface area contributed by atoms with Gasteiger partial charge < -0.3 is 9.13 Å². The van der Waals surface area contributed by atoms with Crippen molar-refractivity contribution in [2.45, 2.75) is 19.3 Å². The van der Waals surface area contributed by atoms with E-state index in [1.165, 1.54) is 114 Å². The van der Waals surface area contributed by atoms with Crippen LogP contribution in [0.4, 0.5) is 0 Å². The van der Waals surface area contributed by atoms with E-state index in [2.05, 4.69) is 338 Å². The first-order chi connectivity index (χ1) is 47.3. The minimum Gasteiger partial charge on any atom is -0.309 e. The molecule has 0 atom stereocenters.